The van der Waals surface area contributed by atoms with Crippen LogP contribution in [0.5, 0.6) is 5.75 Å². The molecule has 0 saturated carbocycles. The van der Waals surface area contributed by atoms with Crippen molar-refractivity contribution < 1.29 is 19.1 Å². The second-order valence-corrected chi connectivity index (χ2v) is 8.57. The first-order valence-electron chi connectivity index (χ1n) is 10.5. The highest BCUT2D eigenvalue weighted by molar-refractivity contribution is 7.10. The second-order valence-electron chi connectivity index (χ2n) is 7.59. The molecule has 2 atom stereocenters. The largest absolute Gasteiger partial charge is 0.497 e. The smallest absolute Gasteiger partial charge is 0.254 e. The van der Waals surface area contributed by atoms with E-state index >= 15 is 0 Å². The number of ether oxygens (including phenoxy) is 2. The number of hydrogen-bond acceptors (Lipinski definition) is 5. The first-order chi connectivity index (χ1) is 15.6. The molecule has 0 radical (unpaired) electrons. The van der Waals surface area contributed by atoms with Gasteiger partial charge in [-0.1, -0.05) is 36.4 Å². The molecule has 1 aliphatic rings. The topological polar surface area (TPSA) is 67.9 Å². The van der Waals surface area contributed by atoms with E-state index in [0.717, 1.165) is 21.8 Å². The standard InChI is InChI=1S/C25H26N2O4S/c1-30-13-12-27-23(21-11-6-14-32-21)22(19-9-3-4-10-20(19)25(27)29)24(28)26-16-17-7-5-8-18(15-17)31-2/h3-11,14-15,22-23H,12-13,16H2,1-2H3,(H,26,28)/t22-,23+/m1/s1. The van der Waals surface area contributed by atoms with Crippen molar-refractivity contribution in [3.63, 3.8) is 0 Å². The molecule has 166 valence electrons. The van der Waals surface area contributed by atoms with Gasteiger partial charge in [0.1, 0.15) is 5.75 Å². The summed E-state index contributed by atoms with van der Waals surface area (Å²) in [6.07, 6.45) is 0. The van der Waals surface area contributed by atoms with E-state index in [-0.39, 0.29) is 11.8 Å². The number of methoxy groups -OCH3 is 2. The van der Waals surface area contributed by atoms with Crippen LogP contribution in [0.3, 0.4) is 0 Å². The van der Waals surface area contributed by atoms with Crippen LogP contribution in [-0.4, -0.2) is 44.1 Å². The van der Waals surface area contributed by atoms with Crippen molar-refractivity contribution in [2.45, 2.75) is 18.5 Å². The van der Waals surface area contributed by atoms with Crippen LogP contribution in [0.2, 0.25) is 0 Å². The number of carbonyl (C=O) groups is 2. The molecule has 1 N–H and O–H groups in total. The van der Waals surface area contributed by atoms with Crippen LogP contribution >= 0.6 is 11.3 Å². The van der Waals surface area contributed by atoms with Crippen LogP contribution in [0.4, 0.5) is 0 Å². The van der Waals surface area contributed by atoms with Gasteiger partial charge < -0.3 is 19.7 Å². The molecule has 0 unspecified atom stereocenters. The van der Waals surface area contributed by atoms with E-state index in [9.17, 15) is 9.59 Å². The van der Waals surface area contributed by atoms with Crippen LogP contribution in [0.15, 0.2) is 66.0 Å². The normalized spacial score (nSPS) is 17.7. The van der Waals surface area contributed by atoms with Crippen molar-refractivity contribution in [2.75, 3.05) is 27.4 Å². The number of fused-ring (bicyclic) bond motifs is 1. The molecule has 3 aromatic rings. The zero-order chi connectivity index (χ0) is 22.5. The Morgan fingerprint density at radius 1 is 1.09 bits per heavy atom. The molecule has 4 rings (SSSR count). The zero-order valence-electron chi connectivity index (χ0n) is 18.1. The third kappa shape index (κ3) is 4.40. The van der Waals surface area contributed by atoms with Crippen LogP contribution in [-0.2, 0) is 16.1 Å². The lowest BCUT2D eigenvalue weighted by Crippen LogP contribution is -2.48. The number of rotatable bonds is 8. The Morgan fingerprint density at radius 2 is 1.94 bits per heavy atom. The van der Waals surface area contributed by atoms with E-state index in [1.807, 2.05) is 60.0 Å². The van der Waals surface area contributed by atoms with Gasteiger partial charge >= 0.3 is 0 Å². The molecule has 0 bridgehead atoms. The van der Waals surface area contributed by atoms with Crippen LogP contribution in [0.1, 0.15) is 38.3 Å². The maximum atomic E-state index is 13.6. The fourth-order valence-corrected chi connectivity index (χ4v) is 5.04. The summed E-state index contributed by atoms with van der Waals surface area (Å²) >= 11 is 1.55. The predicted octanol–water partition coefficient (Wildman–Crippen LogP) is 4.00. The Kier molecular flexibility index (Phi) is 6.87. The molecule has 2 heterocycles. The van der Waals surface area contributed by atoms with E-state index < -0.39 is 12.0 Å². The summed E-state index contributed by atoms with van der Waals surface area (Å²) in [5.74, 6) is 0.0269. The summed E-state index contributed by atoms with van der Waals surface area (Å²) in [7, 11) is 3.23. The highest BCUT2D eigenvalue weighted by atomic mass is 32.1. The number of amides is 2. The highest BCUT2D eigenvalue weighted by Gasteiger charge is 2.44. The van der Waals surface area contributed by atoms with Gasteiger partial charge in [0.25, 0.3) is 5.91 Å². The minimum atomic E-state index is -0.523. The zero-order valence-corrected chi connectivity index (χ0v) is 18.9. The number of benzene rings is 2. The molecular formula is C25H26N2O4S. The fraction of sp³-hybridized carbons (Fsp3) is 0.280. The number of nitrogens with one attached hydrogen (secondary N) is 1. The molecular weight excluding hydrogens is 424 g/mol. The van der Waals surface area contributed by atoms with Crippen molar-refractivity contribution in [3.05, 3.63) is 87.6 Å². The summed E-state index contributed by atoms with van der Waals surface area (Å²) in [5.41, 5.74) is 2.27. The molecule has 0 spiro atoms. The van der Waals surface area contributed by atoms with Gasteiger partial charge in [-0.3, -0.25) is 9.59 Å². The lowest BCUT2D eigenvalue weighted by Gasteiger charge is -2.41. The van der Waals surface area contributed by atoms with Gasteiger partial charge in [0.15, 0.2) is 0 Å². The summed E-state index contributed by atoms with van der Waals surface area (Å²) in [6, 6.07) is 18.6. The Hall–Kier alpha value is -3.16. The maximum Gasteiger partial charge on any atom is 0.254 e. The van der Waals surface area contributed by atoms with Gasteiger partial charge in [0.05, 0.1) is 25.7 Å². The summed E-state index contributed by atoms with van der Waals surface area (Å²) in [5, 5.41) is 5.06. The van der Waals surface area contributed by atoms with E-state index in [1.165, 1.54) is 0 Å². The lowest BCUT2D eigenvalue weighted by molar-refractivity contribution is -0.124. The molecule has 0 aliphatic carbocycles. The molecule has 1 aliphatic heterocycles. The number of thiophene rings is 1. The van der Waals surface area contributed by atoms with Gasteiger partial charge in [-0.15, -0.1) is 11.3 Å². The van der Waals surface area contributed by atoms with E-state index in [2.05, 4.69) is 5.32 Å². The van der Waals surface area contributed by atoms with Gasteiger partial charge in [0, 0.05) is 30.6 Å². The van der Waals surface area contributed by atoms with Crippen LogP contribution in [0.25, 0.3) is 0 Å². The SMILES string of the molecule is COCCN1C(=O)c2ccccc2[C@@H](C(=O)NCc2cccc(OC)c2)[C@@H]1c1cccs1. The maximum absolute atomic E-state index is 13.6. The Bertz CT molecular complexity index is 1080. The highest BCUT2D eigenvalue weighted by Crippen LogP contribution is 2.44. The van der Waals surface area contributed by atoms with Crippen molar-refractivity contribution in [3.8, 4) is 5.75 Å². The van der Waals surface area contributed by atoms with Gasteiger partial charge in [-0.25, -0.2) is 0 Å². The van der Waals surface area contributed by atoms with Crippen molar-refractivity contribution in [2.24, 2.45) is 0 Å². The number of hydrogen-bond donors (Lipinski definition) is 1. The van der Waals surface area contributed by atoms with Crippen molar-refractivity contribution >= 4 is 23.2 Å². The number of nitrogens with zero attached hydrogens (tertiary/aromatic N) is 1. The molecule has 32 heavy (non-hydrogen) atoms. The summed E-state index contributed by atoms with van der Waals surface area (Å²) < 4.78 is 10.6. The predicted molar refractivity (Wildman–Crippen MR) is 124 cm³/mol. The molecule has 6 nitrogen and oxygen atoms in total. The monoisotopic (exact) mass is 450 g/mol. The quantitative estimate of drug-likeness (QED) is 0.563. The molecule has 7 heteroatoms. The average Bonchev–Trinajstić information content (AvgIpc) is 3.36. The lowest BCUT2D eigenvalue weighted by atomic mass is 9.81. The van der Waals surface area contributed by atoms with Gasteiger partial charge in [-0.05, 0) is 40.8 Å². The summed E-state index contributed by atoms with van der Waals surface area (Å²) in [6.45, 7) is 1.18. The third-order valence-corrected chi connectivity index (χ3v) is 6.64. The summed E-state index contributed by atoms with van der Waals surface area (Å²) in [4.78, 5) is 29.7. The van der Waals surface area contributed by atoms with Crippen molar-refractivity contribution in [1.82, 2.24) is 10.2 Å². The second kappa shape index (κ2) is 9.97. The molecule has 2 aromatic carbocycles. The van der Waals surface area contributed by atoms with Gasteiger partial charge in [-0.2, -0.15) is 0 Å². The fourth-order valence-electron chi connectivity index (χ4n) is 4.17. The first-order valence-corrected chi connectivity index (χ1v) is 11.3. The molecule has 0 fully saturated rings. The molecule has 2 amide bonds. The third-order valence-electron chi connectivity index (χ3n) is 5.69. The van der Waals surface area contributed by atoms with Crippen LogP contribution in [0, 0.1) is 0 Å². The Morgan fingerprint density at radius 3 is 2.69 bits per heavy atom. The minimum Gasteiger partial charge on any atom is -0.497 e. The molecule has 0 saturated heterocycles. The van der Waals surface area contributed by atoms with Crippen LogP contribution < -0.4 is 10.1 Å². The Labute approximate surface area is 191 Å². The minimum absolute atomic E-state index is 0.0760. The Balaban J connectivity index is 1.69. The first kappa shape index (κ1) is 22.0. The molecule has 1 aromatic heterocycles. The van der Waals surface area contributed by atoms with E-state index in [1.54, 1.807) is 36.5 Å². The van der Waals surface area contributed by atoms with Crippen molar-refractivity contribution in [1.29, 1.82) is 0 Å². The van der Waals surface area contributed by atoms with E-state index in [4.69, 9.17) is 9.47 Å². The number of carbonyl (C=O) groups excluding carboxylic acids is 2. The average molecular weight is 451 g/mol. The van der Waals surface area contributed by atoms with Gasteiger partial charge in [0.2, 0.25) is 5.91 Å². The van der Waals surface area contributed by atoms with E-state index in [0.29, 0.717) is 25.3 Å².